The fraction of sp³-hybridized carbons (Fsp3) is 0.188. The Labute approximate surface area is 122 Å². The Morgan fingerprint density at radius 2 is 1.90 bits per heavy atom. The van der Waals surface area contributed by atoms with Crippen LogP contribution in [0.3, 0.4) is 0 Å². The highest BCUT2D eigenvalue weighted by Crippen LogP contribution is 2.28. The van der Waals surface area contributed by atoms with Crippen molar-refractivity contribution in [3.05, 3.63) is 59.1 Å². The predicted octanol–water partition coefficient (Wildman–Crippen LogP) is 3.53. The third kappa shape index (κ3) is 2.63. The number of fused-ring (bicyclic) bond motifs is 1. The van der Waals surface area contributed by atoms with E-state index in [2.05, 4.69) is 5.32 Å². The van der Waals surface area contributed by atoms with Crippen LogP contribution in [0.1, 0.15) is 5.56 Å². The Balaban J connectivity index is 1.72. The van der Waals surface area contributed by atoms with E-state index in [0.717, 1.165) is 11.3 Å². The number of hydrogen-bond donors (Lipinski definition) is 1. The van der Waals surface area contributed by atoms with E-state index in [0.29, 0.717) is 23.7 Å². The molecular weight excluding hydrogens is 274 g/mol. The van der Waals surface area contributed by atoms with E-state index >= 15 is 0 Å². The summed E-state index contributed by atoms with van der Waals surface area (Å²) >= 11 is 6.04. The van der Waals surface area contributed by atoms with Gasteiger partial charge in [0.15, 0.2) is 0 Å². The van der Waals surface area contributed by atoms with Crippen molar-refractivity contribution in [3.8, 4) is 5.75 Å². The van der Waals surface area contributed by atoms with Crippen LogP contribution in [0.2, 0.25) is 5.02 Å². The van der Waals surface area contributed by atoms with Gasteiger partial charge < -0.3 is 10.1 Å². The summed E-state index contributed by atoms with van der Waals surface area (Å²) in [6, 6.07) is 15.0. The quantitative estimate of drug-likeness (QED) is 0.917. The number of amides is 1. The van der Waals surface area contributed by atoms with Gasteiger partial charge in [-0.15, -0.1) is 0 Å². The molecule has 1 heterocycles. The molecule has 1 amide bonds. The molecule has 102 valence electrons. The maximum Gasteiger partial charge on any atom is 0.231 e. The largest absolute Gasteiger partial charge is 0.492 e. The Hall–Kier alpha value is -2.00. The van der Waals surface area contributed by atoms with Crippen LogP contribution in [0, 0.1) is 5.92 Å². The number of anilines is 1. The van der Waals surface area contributed by atoms with E-state index in [1.165, 1.54) is 0 Å². The minimum Gasteiger partial charge on any atom is -0.492 e. The van der Waals surface area contributed by atoms with Gasteiger partial charge in [0.2, 0.25) is 5.91 Å². The van der Waals surface area contributed by atoms with Crippen molar-refractivity contribution in [2.75, 3.05) is 11.9 Å². The Bertz CT molecular complexity index is 642. The van der Waals surface area contributed by atoms with E-state index in [4.69, 9.17) is 16.3 Å². The van der Waals surface area contributed by atoms with Gasteiger partial charge in [-0.2, -0.15) is 0 Å². The number of para-hydroxylation sites is 2. The molecule has 0 saturated heterocycles. The molecule has 0 aliphatic carbocycles. The maximum absolute atomic E-state index is 12.3. The summed E-state index contributed by atoms with van der Waals surface area (Å²) in [4.78, 5) is 12.3. The molecule has 0 spiro atoms. The van der Waals surface area contributed by atoms with Crippen LogP contribution in [-0.2, 0) is 11.2 Å². The van der Waals surface area contributed by atoms with Crippen LogP contribution in [0.4, 0.5) is 5.69 Å². The number of nitrogens with one attached hydrogen (secondary N) is 1. The van der Waals surface area contributed by atoms with Crippen molar-refractivity contribution in [2.24, 2.45) is 5.92 Å². The number of carbonyl (C=O) groups excluding carboxylic acids is 1. The lowest BCUT2D eigenvalue weighted by molar-refractivity contribution is -0.121. The summed E-state index contributed by atoms with van der Waals surface area (Å²) in [5.41, 5.74) is 1.70. The van der Waals surface area contributed by atoms with Crippen molar-refractivity contribution >= 4 is 23.2 Å². The van der Waals surface area contributed by atoms with E-state index in [1.807, 2.05) is 36.4 Å². The molecule has 0 saturated carbocycles. The van der Waals surface area contributed by atoms with Gasteiger partial charge in [-0.25, -0.2) is 0 Å². The van der Waals surface area contributed by atoms with Crippen LogP contribution in [0.15, 0.2) is 48.5 Å². The summed E-state index contributed by atoms with van der Waals surface area (Å²) in [5, 5.41) is 3.40. The normalized spacial score (nSPS) is 16.9. The molecule has 1 aliphatic heterocycles. The summed E-state index contributed by atoms with van der Waals surface area (Å²) in [5.74, 6) is 0.614. The minimum atomic E-state index is -0.193. The first kappa shape index (κ1) is 13.0. The maximum atomic E-state index is 12.3. The minimum absolute atomic E-state index is 0.0624. The van der Waals surface area contributed by atoms with Crippen molar-refractivity contribution in [2.45, 2.75) is 6.42 Å². The van der Waals surface area contributed by atoms with Gasteiger partial charge in [0.1, 0.15) is 12.4 Å². The zero-order valence-corrected chi connectivity index (χ0v) is 11.6. The first-order chi connectivity index (χ1) is 9.74. The standard InChI is InChI=1S/C16H14ClNO2/c17-13-6-2-3-7-14(13)18-16(19)12-9-11-5-1-4-8-15(11)20-10-12/h1-8,12H,9-10H2,(H,18,19)/t12-/m0/s1. The van der Waals surface area contributed by atoms with Gasteiger partial charge in [-0.1, -0.05) is 41.9 Å². The van der Waals surface area contributed by atoms with Gasteiger partial charge in [0.05, 0.1) is 16.6 Å². The lowest BCUT2D eigenvalue weighted by Gasteiger charge is -2.24. The van der Waals surface area contributed by atoms with Gasteiger partial charge in [-0.05, 0) is 30.2 Å². The molecule has 0 radical (unpaired) electrons. The first-order valence-corrected chi connectivity index (χ1v) is 6.88. The molecule has 0 fully saturated rings. The smallest absolute Gasteiger partial charge is 0.231 e. The summed E-state index contributed by atoms with van der Waals surface area (Å²) in [7, 11) is 0. The molecule has 3 rings (SSSR count). The van der Waals surface area contributed by atoms with Crippen LogP contribution in [0.25, 0.3) is 0 Å². The average molecular weight is 288 g/mol. The van der Waals surface area contributed by atoms with Gasteiger partial charge in [-0.3, -0.25) is 4.79 Å². The summed E-state index contributed by atoms with van der Waals surface area (Å²) < 4.78 is 5.63. The van der Waals surface area contributed by atoms with Crippen LogP contribution in [0.5, 0.6) is 5.75 Å². The molecule has 0 aromatic heterocycles. The van der Waals surface area contributed by atoms with E-state index in [-0.39, 0.29) is 11.8 Å². The van der Waals surface area contributed by atoms with Crippen molar-refractivity contribution < 1.29 is 9.53 Å². The van der Waals surface area contributed by atoms with E-state index in [1.54, 1.807) is 12.1 Å². The molecule has 2 aromatic carbocycles. The zero-order valence-electron chi connectivity index (χ0n) is 10.8. The van der Waals surface area contributed by atoms with E-state index < -0.39 is 0 Å². The first-order valence-electron chi connectivity index (χ1n) is 6.50. The Morgan fingerprint density at radius 3 is 2.75 bits per heavy atom. The summed E-state index contributed by atoms with van der Waals surface area (Å²) in [6.45, 7) is 0.396. The number of carbonyl (C=O) groups is 1. The second-order valence-corrected chi connectivity index (χ2v) is 5.20. The molecular formula is C16H14ClNO2. The van der Waals surface area contributed by atoms with Gasteiger partial charge in [0, 0.05) is 0 Å². The molecule has 1 atom stereocenters. The second-order valence-electron chi connectivity index (χ2n) is 4.79. The van der Waals surface area contributed by atoms with Crippen LogP contribution >= 0.6 is 11.6 Å². The molecule has 2 aromatic rings. The van der Waals surface area contributed by atoms with Crippen LogP contribution in [-0.4, -0.2) is 12.5 Å². The monoisotopic (exact) mass is 287 g/mol. The zero-order chi connectivity index (χ0) is 13.9. The third-order valence-corrected chi connectivity index (χ3v) is 3.71. The predicted molar refractivity (Wildman–Crippen MR) is 79.2 cm³/mol. The topological polar surface area (TPSA) is 38.3 Å². The molecule has 1 N–H and O–H groups in total. The van der Waals surface area contributed by atoms with Crippen molar-refractivity contribution in [1.82, 2.24) is 0 Å². The fourth-order valence-corrected chi connectivity index (χ4v) is 2.48. The number of benzene rings is 2. The molecule has 1 aliphatic rings. The highest BCUT2D eigenvalue weighted by Gasteiger charge is 2.26. The third-order valence-electron chi connectivity index (χ3n) is 3.38. The summed E-state index contributed by atoms with van der Waals surface area (Å²) in [6.07, 6.45) is 0.687. The number of rotatable bonds is 2. The number of ether oxygens (including phenoxy) is 1. The second kappa shape index (κ2) is 5.55. The van der Waals surface area contributed by atoms with E-state index in [9.17, 15) is 4.79 Å². The number of hydrogen-bond acceptors (Lipinski definition) is 2. The molecule has 0 unspecified atom stereocenters. The van der Waals surface area contributed by atoms with Gasteiger partial charge in [0.25, 0.3) is 0 Å². The Morgan fingerprint density at radius 1 is 1.15 bits per heavy atom. The van der Waals surface area contributed by atoms with Gasteiger partial charge >= 0.3 is 0 Å². The Kier molecular flexibility index (Phi) is 3.61. The highest BCUT2D eigenvalue weighted by atomic mass is 35.5. The number of halogens is 1. The molecule has 4 heteroatoms. The molecule has 20 heavy (non-hydrogen) atoms. The fourth-order valence-electron chi connectivity index (χ4n) is 2.29. The lowest BCUT2D eigenvalue weighted by Crippen LogP contribution is -2.32. The molecule has 3 nitrogen and oxygen atoms in total. The van der Waals surface area contributed by atoms with Crippen molar-refractivity contribution in [1.29, 1.82) is 0 Å². The molecule has 0 bridgehead atoms. The SMILES string of the molecule is O=C(Nc1ccccc1Cl)[C@@H]1COc2ccccc2C1. The average Bonchev–Trinajstić information content (AvgIpc) is 2.49. The highest BCUT2D eigenvalue weighted by molar-refractivity contribution is 6.33. The van der Waals surface area contributed by atoms with Crippen LogP contribution < -0.4 is 10.1 Å². The van der Waals surface area contributed by atoms with Crippen molar-refractivity contribution in [3.63, 3.8) is 0 Å². The lowest BCUT2D eigenvalue weighted by atomic mass is 9.96.